The van der Waals surface area contributed by atoms with E-state index in [9.17, 15) is 8.42 Å². The van der Waals surface area contributed by atoms with Crippen LogP contribution in [0.1, 0.15) is 25.3 Å². The molecule has 18 heavy (non-hydrogen) atoms. The summed E-state index contributed by atoms with van der Waals surface area (Å²) in [5.74, 6) is 0. The highest BCUT2D eigenvalue weighted by Gasteiger charge is 2.33. The molecule has 1 unspecified atom stereocenters. The number of fused-ring (bicyclic) bond motifs is 1. The maximum absolute atomic E-state index is 12.6. The van der Waals surface area contributed by atoms with Gasteiger partial charge in [0.15, 0.2) is 0 Å². The summed E-state index contributed by atoms with van der Waals surface area (Å²) in [4.78, 5) is 0.443. The Labute approximate surface area is 108 Å². The van der Waals surface area contributed by atoms with Gasteiger partial charge in [-0.2, -0.15) is 4.31 Å². The lowest BCUT2D eigenvalue weighted by Gasteiger charge is -2.21. The number of sulfonamides is 1. The third kappa shape index (κ3) is 1.82. The van der Waals surface area contributed by atoms with Crippen molar-refractivity contribution in [3.63, 3.8) is 0 Å². The number of hydrogen-bond donors (Lipinski definition) is 1. The molecule has 0 bridgehead atoms. The van der Waals surface area contributed by atoms with E-state index in [1.165, 1.54) is 0 Å². The van der Waals surface area contributed by atoms with Crippen LogP contribution in [0, 0.1) is 0 Å². The first-order valence-electron chi connectivity index (χ1n) is 6.48. The van der Waals surface area contributed by atoms with Crippen LogP contribution in [0.4, 0.5) is 5.69 Å². The SMILES string of the molecule is CC1CCCN1S(=O)(=O)c1ccc2c(c1)CCN2. The number of nitrogens with one attached hydrogen (secondary N) is 1. The summed E-state index contributed by atoms with van der Waals surface area (Å²) >= 11 is 0. The molecule has 1 aromatic carbocycles. The summed E-state index contributed by atoms with van der Waals surface area (Å²) in [6, 6.07) is 5.56. The van der Waals surface area contributed by atoms with Crippen LogP contribution in [0.5, 0.6) is 0 Å². The highest BCUT2D eigenvalue weighted by atomic mass is 32.2. The fraction of sp³-hybridized carbons (Fsp3) is 0.538. The van der Waals surface area contributed by atoms with E-state index in [1.54, 1.807) is 10.4 Å². The predicted molar refractivity (Wildman–Crippen MR) is 71.2 cm³/mol. The minimum absolute atomic E-state index is 0.126. The van der Waals surface area contributed by atoms with Crippen molar-refractivity contribution in [2.45, 2.75) is 37.1 Å². The van der Waals surface area contributed by atoms with Crippen LogP contribution in [0.3, 0.4) is 0 Å². The van der Waals surface area contributed by atoms with Gasteiger partial charge in [0.25, 0.3) is 0 Å². The van der Waals surface area contributed by atoms with Crippen LogP contribution in [-0.2, 0) is 16.4 Å². The molecule has 0 aromatic heterocycles. The van der Waals surface area contributed by atoms with E-state index in [1.807, 2.05) is 19.1 Å². The molecule has 0 saturated carbocycles. The smallest absolute Gasteiger partial charge is 0.243 e. The second-order valence-corrected chi connectivity index (χ2v) is 6.99. The summed E-state index contributed by atoms with van der Waals surface area (Å²) in [5.41, 5.74) is 2.19. The Morgan fingerprint density at radius 2 is 2.22 bits per heavy atom. The van der Waals surface area contributed by atoms with E-state index in [-0.39, 0.29) is 6.04 Å². The van der Waals surface area contributed by atoms with Gasteiger partial charge >= 0.3 is 0 Å². The Morgan fingerprint density at radius 1 is 1.39 bits per heavy atom. The molecule has 2 aliphatic heterocycles. The van der Waals surface area contributed by atoms with Gasteiger partial charge in [-0.3, -0.25) is 0 Å². The third-order valence-electron chi connectivity index (χ3n) is 3.89. The minimum atomic E-state index is -3.30. The number of rotatable bonds is 2. The fourth-order valence-electron chi connectivity index (χ4n) is 2.84. The standard InChI is InChI=1S/C13H18N2O2S/c1-10-3-2-8-15(10)18(16,17)12-4-5-13-11(9-12)6-7-14-13/h4-5,9-10,14H,2-3,6-8H2,1H3. The van der Waals surface area contributed by atoms with E-state index in [0.717, 1.165) is 37.1 Å². The quantitative estimate of drug-likeness (QED) is 0.888. The van der Waals surface area contributed by atoms with Gasteiger partial charge in [0.1, 0.15) is 0 Å². The molecule has 0 amide bonds. The van der Waals surface area contributed by atoms with Crippen LogP contribution >= 0.6 is 0 Å². The molecule has 0 aliphatic carbocycles. The number of nitrogens with zero attached hydrogens (tertiary/aromatic N) is 1. The molecular formula is C13H18N2O2S. The number of hydrogen-bond acceptors (Lipinski definition) is 3. The number of anilines is 1. The monoisotopic (exact) mass is 266 g/mol. The summed E-state index contributed by atoms with van der Waals surface area (Å²) in [5, 5.41) is 3.25. The Balaban J connectivity index is 1.99. The molecule has 2 aliphatic rings. The predicted octanol–water partition coefficient (Wildman–Crippen LogP) is 1.83. The zero-order valence-corrected chi connectivity index (χ0v) is 11.3. The summed E-state index contributed by atoms with van der Waals surface area (Å²) in [7, 11) is -3.30. The lowest BCUT2D eigenvalue weighted by Crippen LogP contribution is -2.33. The maximum Gasteiger partial charge on any atom is 0.243 e. The first-order chi connectivity index (χ1) is 8.59. The van der Waals surface area contributed by atoms with E-state index in [2.05, 4.69) is 5.32 Å². The molecule has 4 nitrogen and oxygen atoms in total. The largest absolute Gasteiger partial charge is 0.384 e. The van der Waals surface area contributed by atoms with Gasteiger partial charge in [0, 0.05) is 24.8 Å². The minimum Gasteiger partial charge on any atom is -0.384 e. The average Bonchev–Trinajstić information content (AvgIpc) is 2.95. The van der Waals surface area contributed by atoms with E-state index >= 15 is 0 Å². The van der Waals surface area contributed by atoms with Crippen molar-refractivity contribution in [2.24, 2.45) is 0 Å². The van der Waals surface area contributed by atoms with Gasteiger partial charge in [-0.25, -0.2) is 8.42 Å². The third-order valence-corrected chi connectivity index (χ3v) is 5.89. The molecule has 3 rings (SSSR count). The topological polar surface area (TPSA) is 49.4 Å². The van der Waals surface area contributed by atoms with E-state index < -0.39 is 10.0 Å². The second kappa shape index (κ2) is 4.24. The molecule has 0 spiro atoms. The Bertz CT molecular complexity index is 568. The average molecular weight is 266 g/mol. The van der Waals surface area contributed by atoms with Crippen molar-refractivity contribution in [1.82, 2.24) is 4.31 Å². The zero-order valence-electron chi connectivity index (χ0n) is 10.5. The first-order valence-corrected chi connectivity index (χ1v) is 7.92. The lowest BCUT2D eigenvalue weighted by molar-refractivity contribution is 0.408. The second-order valence-electron chi connectivity index (χ2n) is 5.10. The maximum atomic E-state index is 12.6. The van der Waals surface area contributed by atoms with Crippen molar-refractivity contribution >= 4 is 15.7 Å². The van der Waals surface area contributed by atoms with Crippen LogP contribution in [0.15, 0.2) is 23.1 Å². The summed E-state index contributed by atoms with van der Waals surface area (Å²) < 4.78 is 26.7. The van der Waals surface area contributed by atoms with Gasteiger partial charge in [-0.15, -0.1) is 0 Å². The molecular weight excluding hydrogens is 248 g/mol. The van der Waals surface area contributed by atoms with Gasteiger partial charge in [0.05, 0.1) is 4.90 Å². The van der Waals surface area contributed by atoms with Crippen molar-refractivity contribution < 1.29 is 8.42 Å². The van der Waals surface area contributed by atoms with Crippen molar-refractivity contribution in [3.05, 3.63) is 23.8 Å². The van der Waals surface area contributed by atoms with Crippen LogP contribution < -0.4 is 5.32 Å². The first kappa shape index (κ1) is 12.0. The van der Waals surface area contributed by atoms with Gasteiger partial charge in [-0.1, -0.05) is 0 Å². The fourth-order valence-corrected chi connectivity index (χ4v) is 4.59. The zero-order chi connectivity index (χ0) is 12.8. The van der Waals surface area contributed by atoms with Crippen LogP contribution in [0.2, 0.25) is 0 Å². The highest BCUT2D eigenvalue weighted by molar-refractivity contribution is 7.89. The number of benzene rings is 1. The van der Waals surface area contributed by atoms with E-state index in [4.69, 9.17) is 0 Å². The highest BCUT2D eigenvalue weighted by Crippen LogP contribution is 2.29. The van der Waals surface area contributed by atoms with Crippen molar-refractivity contribution in [3.8, 4) is 0 Å². The molecule has 0 radical (unpaired) electrons. The summed E-state index contributed by atoms with van der Waals surface area (Å²) in [6.07, 6.45) is 2.84. The van der Waals surface area contributed by atoms with Gasteiger partial charge in [0.2, 0.25) is 10.0 Å². The molecule has 1 aromatic rings. The Kier molecular flexibility index (Phi) is 2.83. The van der Waals surface area contributed by atoms with Crippen molar-refractivity contribution in [2.75, 3.05) is 18.4 Å². The van der Waals surface area contributed by atoms with Crippen molar-refractivity contribution in [1.29, 1.82) is 0 Å². The van der Waals surface area contributed by atoms with E-state index in [0.29, 0.717) is 11.4 Å². The van der Waals surface area contributed by atoms with Gasteiger partial charge in [-0.05, 0) is 49.9 Å². The molecule has 1 N–H and O–H groups in total. The Morgan fingerprint density at radius 3 is 2.94 bits per heavy atom. The lowest BCUT2D eigenvalue weighted by atomic mass is 10.2. The molecule has 1 fully saturated rings. The van der Waals surface area contributed by atoms with Crippen LogP contribution in [0.25, 0.3) is 0 Å². The summed E-state index contributed by atoms with van der Waals surface area (Å²) in [6.45, 7) is 3.54. The molecule has 1 saturated heterocycles. The molecule has 5 heteroatoms. The van der Waals surface area contributed by atoms with Crippen LogP contribution in [-0.4, -0.2) is 31.9 Å². The molecule has 98 valence electrons. The van der Waals surface area contributed by atoms with Gasteiger partial charge < -0.3 is 5.32 Å². The normalized spacial score (nSPS) is 23.9. The molecule has 2 heterocycles. The Hall–Kier alpha value is -1.07. The molecule has 1 atom stereocenters.